The van der Waals surface area contributed by atoms with Gasteiger partial charge in [-0.1, -0.05) is 0 Å². The lowest BCUT2D eigenvalue weighted by Gasteiger charge is -2.41. The van der Waals surface area contributed by atoms with Gasteiger partial charge in [0.25, 0.3) is 0 Å². The quantitative estimate of drug-likeness (QED) is 0.707. The average molecular weight is 198 g/mol. The smallest absolute Gasteiger partial charge is 0.0854 e. The van der Waals surface area contributed by atoms with Gasteiger partial charge in [-0.15, -0.1) is 0 Å². The fourth-order valence-corrected chi connectivity index (χ4v) is 2.97. The van der Waals surface area contributed by atoms with E-state index in [4.69, 9.17) is 4.74 Å². The molecule has 0 aromatic carbocycles. The molecule has 0 spiro atoms. The Labute approximate surface area is 86.8 Å². The van der Waals surface area contributed by atoms with Gasteiger partial charge < -0.3 is 15.0 Å². The number of ether oxygens (including phenoxy) is 1. The highest BCUT2D eigenvalue weighted by molar-refractivity contribution is 4.97. The first-order valence-electron chi connectivity index (χ1n) is 5.71. The monoisotopic (exact) mass is 198 g/mol. The molecular weight excluding hydrogens is 176 g/mol. The van der Waals surface area contributed by atoms with Crippen LogP contribution < -0.4 is 5.32 Å². The van der Waals surface area contributed by atoms with E-state index in [1.54, 1.807) is 0 Å². The molecule has 0 amide bonds. The van der Waals surface area contributed by atoms with E-state index in [9.17, 15) is 0 Å². The van der Waals surface area contributed by atoms with Crippen molar-refractivity contribution >= 4 is 0 Å². The van der Waals surface area contributed by atoms with Gasteiger partial charge in [0, 0.05) is 26.1 Å². The third-order valence-corrected chi connectivity index (χ3v) is 3.92. The maximum atomic E-state index is 5.80. The second-order valence-corrected chi connectivity index (χ2v) is 4.80. The van der Waals surface area contributed by atoms with Crippen LogP contribution in [0.3, 0.4) is 0 Å². The zero-order chi connectivity index (χ0) is 10.0. The number of methoxy groups -OCH3 is 1. The van der Waals surface area contributed by atoms with Crippen LogP contribution in [-0.4, -0.2) is 50.8 Å². The predicted molar refractivity (Wildman–Crippen MR) is 57.4 cm³/mol. The summed E-state index contributed by atoms with van der Waals surface area (Å²) in [6.45, 7) is 4.62. The number of rotatable bonds is 2. The summed E-state index contributed by atoms with van der Waals surface area (Å²) in [5.41, 5.74) is 0.134. The predicted octanol–water partition coefficient (Wildman–Crippen LogP) is 0.707. The van der Waals surface area contributed by atoms with Crippen LogP contribution in [0.2, 0.25) is 0 Å². The summed E-state index contributed by atoms with van der Waals surface area (Å²) in [6, 6.07) is 0. The zero-order valence-electron chi connectivity index (χ0n) is 9.38. The van der Waals surface area contributed by atoms with Crippen molar-refractivity contribution < 1.29 is 4.74 Å². The first-order valence-corrected chi connectivity index (χ1v) is 5.71. The molecular formula is C11H22N2O. The molecule has 2 atom stereocenters. The van der Waals surface area contributed by atoms with Crippen molar-refractivity contribution in [1.82, 2.24) is 10.2 Å². The van der Waals surface area contributed by atoms with Crippen LogP contribution >= 0.6 is 0 Å². The number of hydrogen-bond acceptors (Lipinski definition) is 3. The van der Waals surface area contributed by atoms with E-state index >= 15 is 0 Å². The number of piperidine rings is 1. The van der Waals surface area contributed by atoms with Gasteiger partial charge in [0.05, 0.1) is 5.60 Å². The van der Waals surface area contributed by atoms with Crippen molar-refractivity contribution in [2.75, 3.05) is 40.3 Å². The van der Waals surface area contributed by atoms with Crippen LogP contribution in [-0.2, 0) is 4.74 Å². The Morgan fingerprint density at radius 2 is 2.36 bits per heavy atom. The number of hydrogen-bond donors (Lipinski definition) is 1. The van der Waals surface area contributed by atoms with E-state index < -0.39 is 0 Å². The summed E-state index contributed by atoms with van der Waals surface area (Å²) in [5.74, 6) is 0.723. The number of likely N-dealkylation sites (tertiary alicyclic amines) is 1. The maximum absolute atomic E-state index is 5.80. The molecule has 2 saturated heterocycles. The summed E-state index contributed by atoms with van der Waals surface area (Å²) < 4.78 is 5.80. The standard InChI is InChI=1S/C11H22N2O/c1-13-7-3-4-10(8-13)11(14-2)5-6-12-9-11/h10,12H,3-9H2,1-2H3. The molecule has 3 heteroatoms. The van der Waals surface area contributed by atoms with Crippen molar-refractivity contribution in [3.05, 3.63) is 0 Å². The van der Waals surface area contributed by atoms with E-state index in [0.717, 1.165) is 19.0 Å². The molecule has 0 aromatic heterocycles. The van der Waals surface area contributed by atoms with Crippen molar-refractivity contribution in [3.63, 3.8) is 0 Å². The van der Waals surface area contributed by atoms with E-state index in [-0.39, 0.29) is 5.60 Å². The first-order chi connectivity index (χ1) is 6.77. The van der Waals surface area contributed by atoms with Gasteiger partial charge in [-0.05, 0) is 39.4 Å². The molecule has 82 valence electrons. The van der Waals surface area contributed by atoms with Crippen molar-refractivity contribution in [2.24, 2.45) is 5.92 Å². The zero-order valence-corrected chi connectivity index (χ0v) is 9.38. The van der Waals surface area contributed by atoms with Crippen LogP contribution in [0.4, 0.5) is 0 Å². The fraction of sp³-hybridized carbons (Fsp3) is 1.00. The fourth-order valence-electron chi connectivity index (χ4n) is 2.97. The molecule has 2 heterocycles. The van der Waals surface area contributed by atoms with Gasteiger partial charge >= 0.3 is 0 Å². The Bertz CT molecular complexity index is 190. The van der Waals surface area contributed by atoms with Gasteiger partial charge in [0.2, 0.25) is 0 Å². The van der Waals surface area contributed by atoms with E-state index in [2.05, 4.69) is 17.3 Å². The first kappa shape index (κ1) is 10.4. The molecule has 0 bridgehead atoms. The number of nitrogens with zero attached hydrogens (tertiary/aromatic N) is 1. The van der Waals surface area contributed by atoms with Gasteiger partial charge in [-0.2, -0.15) is 0 Å². The van der Waals surface area contributed by atoms with E-state index in [1.807, 2.05) is 7.11 Å². The minimum absolute atomic E-state index is 0.134. The van der Waals surface area contributed by atoms with Crippen LogP contribution in [0.25, 0.3) is 0 Å². The van der Waals surface area contributed by atoms with Crippen molar-refractivity contribution in [3.8, 4) is 0 Å². The summed E-state index contributed by atoms with van der Waals surface area (Å²) in [6.07, 6.45) is 3.84. The molecule has 2 fully saturated rings. The Morgan fingerprint density at radius 3 is 2.93 bits per heavy atom. The largest absolute Gasteiger partial charge is 0.377 e. The Hall–Kier alpha value is -0.120. The molecule has 0 saturated carbocycles. The molecule has 2 aliphatic heterocycles. The van der Waals surface area contributed by atoms with Gasteiger partial charge in [0.15, 0.2) is 0 Å². The minimum atomic E-state index is 0.134. The Morgan fingerprint density at radius 1 is 1.50 bits per heavy atom. The molecule has 2 aliphatic rings. The van der Waals surface area contributed by atoms with Crippen molar-refractivity contribution in [2.45, 2.75) is 24.9 Å². The minimum Gasteiger partial charge on any atom is -0.377 e. The Balaban J connectivity index is 2.03. The van der Waals surface area contributed by atoms with E-state index in [0.29, 0.717) is 0 Å². The molecule has 1 N–H and O–H groups in total. The topological polar surface area (TPSA) is 24.5 Å². The highest BCUT2D eigenvalue weighted by Crippen LogP contribution is 2.34. The molecule has 3 nitrogen and oxygen atoms in total. The summed E-state index contributed by atoms with van der Waals surface area (Å²) in [4.78, 5) is 2.44. The van der Waals surface area contributed by atoms with Crippen molar-refractivity contribution in [1.29, 1.82) is 0 Å². The average Bonchev–Trinajstić information content (AvgIpc) is 2.67. The summed E-state index contributed by atoms with van der Waals surface area (Å²) >= 11 is 0. The molecule has 0 aliphatic carbocycles. The normalized spacial score (nSPS) is 40.3. The highest BCUT2D eigenvalue weighted by atomic mass is 16.5. The lowest BCUT2D eigenvalue weighted by molar-refractivity contribution is -0.0623. The van der Waals surface area contributed by atoms with Crippen LogP contribution in [0.15, 0.2) is 0 Å². The second-order valence-electron chi connectivity index (χ2n) is 4.80. The molecule has 2 rings (SSSR count). The third-order valence-electron chi connectivity index (χ3n) is 3.92. The third kappa shape index (κ3) is 1.81. The summed E-state index contributed by atoms with van der Waals surface area (Å²) in [5, 5.41) is 3.43. The van der Waals surface area contributed by atoms with Gasteiger partial charge in [-0.25, -0.2) is 0 Å². The second kappa shape index (κ2) is 4.17. The van der Waals surface area contributed by atoms with E-state index in [1.165, 1.54) is 32.4 Å². The van der Waals surface area contributed by atoms with Gasteiger partial charge in [-0.3, -0.25) is 0 Å². The van der Waals surface area contributed by atoms with Gasteiger partial charge in [0.1, 0.15) is 0 Å². The lowest BCUT2D eigenvalue weighted by Crippen LogP contribution is -2.49. The van der Waals surface area contributed by atoms with Crippen LogP contribution in [0, 0.1) is 5.92 Å². The Kier molecular flexibility index (Phi) is 3.10. The SMILES string of the molecule is COC1(C2CCCN(C)C2)CCNC1. The lowest BCUT2D eigenvalue weighted by atomic mass is 9.81. The molecule has 0 radical (unpaired) electrons. The highest BCUT2D eigenvalue weighted by Gasteiger charge is 2.42. The van der Waals surface area contributed by atoms with Crippen LogP contribution in [0.1, 0.15) is 19.3 Å². The summed E-state index contributed by atoms with van der Waals surface area (Å²) in [7, 11) is 4.10. The molecule has 0 aromatic rings. The molecule has 2 unspecified atom stereocenters. The number of nitrogens with one attached hydrogen (secondary N) is 1. The molecule has 14 heavy (non-hydrogen) atoms. The van der Waals surface area contributed by atoms with Crippen LogP contribution in [0.5, 0.6) is 0 Å². The maximum Gasteiger partial charge on any atom is 0.0854 e.